The fraction of sp³-hybridized carbons (Fsp3) is 0.545. The summed E-state index contributed by atoms with van der Waals surface area (Å²) in [6, 6.07) is 6.03. The Bertz CT molecular complexity index is 779. The average Bonchev–Trinajstić information content (AvgIpc) is 2.91. The summed E-state index contributed by atoms with van der Waals surface area (Å²) in [5.74, 6) is -0.331. The quantitative estimate of drug-likeness (QED) is 0.725. The van der Waals surface area contributed by atoms with Crippen LogP contribution in [0.1, 0.15) is 36.5 Å². The fourth-order valence-electron chi connectivity index (χ4n) is 4.05. The maximum absolute atomic E-state index is 13.3. The van der Waals surface area contributed by atoms with Crippen LogP contribution in [-0.2, 0) is 9.59 Å². The van der Waals surface area contributed by atoms with Crippen LogP contribution in [0.5, 0.6) is 0 Å². The number of benzene rings is 1. The van der Waals surface area contributed by atoms with Crippen LogP contribution < -0.4 is 0 Å². The SMILES string of the molecule is CCCCN1C(=O)C(c2ccc(C)cc2C)=C(N2CCN(CCO)CC2)C1=O. The predicted octanol–water partition coefficient (Wildman–Crippen LogP) is 1.79. The molecule has 2 aliphatic rings. The first-order chi connectivity index (χ1) is 13.5. The second-order valence-electron chi connectivity index (χ2n) is 7.71. The minimum atomic E-state index is -0.168. The highest BCUT2D eigenvalue weighted by atomic mass is 16.3. The Labute approximate surface area is 167 Å². The molecule has 152 valence electrons. The number of aliphatic hydroxyl groups excluding tert-OH is 1. The Morgan fingerprint density at radius 1 is 1.00 bits per heavy atom. The van der Waals surface area contributed by atoms with Crippen LogP contribution in [0.2, 0.25) is 0 Å². The summed E-state index contributed by atoms with van der Waals surface area (Å²) in [6.45, 7) is 10.3. The Balaban J connectivity index is 1.98. The zero-order chi connectivity index (χ0) is 20.3. The number of β-amino-alcohol motifs (C(OH)–C–C–N with tert-alkyl or cyclic N) is 1. The van der Waals surface area contributed by atoms with Gasteiger partial charge in [0.15, 0.2) is 0 Å². The third kappa shape index (κ3) is 3.98. The number of nitrogens with zero attached hydrogens (tertiary/aromatic N) is 3. The monoisotopic (exact) mass is 385 g/mol. The van der Waals surface area contributed by atoms with Gasteiger partial charge in [0.05, 0.1) is 12.2 Å². The molecular weight excluding hydrogens is 354 g/mol. The lowest BCUT2D eigenvalue weighted by molar-refractivity contribution is -0.137. The molecule has 2 heterocycles. The molecule has 0 spiro atoms. The number of hydrogen-bond acceptors (Lipinski definition) is 5. The Morgan fingerprint density at radius 2 is 1.71 bits per heavy atom. The molecule has 0 aromatic heterocycles. The molecule has 1 aromatic carbocycles. The third-order valence-electron chi connectivity index (χ3n) is 5.63. The summed E-state index contributed by atoms with van der Waals surface area (Å²) in [5.41, 5.74) is 4.12. The number of aliphatic hydroxyl groups is 1. The maximum atomic E-state index is 13.3. The topological polar surface area (TPSA) is 64.1 Å². The minimum absolute atomic E-state index is 0.138. The van der Waals surface area contributed by atoms with Crippen LogP contribution >= 0.6 is 0 Å². The van der Waals surface area contributed by atoms with Crippen molar-refractivity contribution in [1.82, 2.24) is 14.7 Å². The van der Waals surface area contributed by atoms with Crippen LogP contribution in [-0.4, -0.2) is 77.5 Å². The highest BCUT2D eigenvalue weighted by Gasteiger charge is 2.42. The normalized spacial score (nSPS) is 18.6. The molecule has 0 bridgehead atoms. The number of carbonyl (C=O) groups is 2. The van der Waals surface area contributed by atoms with Gasteiger partial charge in [-0.05, 0) is 31.4 Å². The molecule has 2 aliphatic heterocycles. The molecule has 1 saturated heterocycles. The van der Waals surface area contributed by atoms with Gasteiger partial charge in [-0.3, -0.25) is 19.4 Å². The fourth-order valence-corrected chi connectivity index (χ4v) is 4.05. The van der Waals surface area contributed by atoms with Gasteiger partial charge >= 0.3 is 0 Å². The molecule has 0 unspecified atom stereocenters. The second-order valence-corrected chi connectivity index (χ2v) is 7.71. The molecular formula is C22H31N3O3. The second kappa shape index (κ2) is 8.88. The molecule has 3 rings (SSSR count). The van der Waals surface area contributed by atoms with Gasteiger partial charge in [-0.1, -0.05) is 37.1 Å². The first-order valence-corrected chi connectivity index (χ1v) is 10.2. The van der Waals surface area contributed by atoms with Crippen LogP contribution in [0.25, 0.3) is 5.57 Å². The molecule has 28 heavy (non-hydrogen) atoms. The Morgan fingerprint density at radius 3 is 2.32 bits per heavy atom. The predicted molar refractivity (Wildman–Crippen MR) is 110 cm³/mol. The van der Waals surface area contributed by atoms with E-state index in [1.165, 1.54) is 4.90 Å². The number of piperazine rings is 1. The highest BCUT2D eigenvalue weighted by molar-refractivity contribution is 6.35. The van der Waals surface area contributed by atoms with Crippen LogP contribution in [0.4, 0.5) is 0 Å². The molecule has 6 nitrogen and oxygen atoms in total. The summed E-state index contributed by atoms with van der Waals surface area (Å²) in [7, 11) is 0. The Hall–Kier alpha value is -2.18. The van der Waals surface area contributed by atoms with Crippen molar-refractivity contribution in [3.63, 3.8) is 0 Å². The van der Waals surface area contributed by atoms with Crippen LogP contribution in [0.3, 0.4) is 0 Å². The highest BCUT2D eigenvalue weighted by Crippen LogP contribution is 2.34. The number of imide groups is 1. The molecule has 0 saturated carbocycles. The third-order valence-corrected chi connectivity index (χ3v) is 5.63. The number of aryl methyl sites for hydroxylation is 2. The van der Waals surface area contributed by atoms with E-state index in [9.17, 15) is 9.59 Å². The standard InChI is InChI=1S/C22H31N3O3/c1-4-5-8-25-21(27)19(18-7-6-16(2)15-17(18)3)20(22(25)28)24-11-9-23(10-12-24)13-14-26/h6-7,15,26H,4-5,8-14H2,1-3H3. The van der Waals surface area contributed by atoms with E-state index in [4.69, 9.17) is 5.11 Å². The van der Waals surface area contributed by atoms with Crippen molar-refractivity contribution in [2.24, 2.45) is 0 Å². The minimum Gasteiger partial charge on any atom is -0.395 e. The lowest BCUT2D eigenvalue weighted by Gasteiger charge is -2.36. The number of hydrogen-bond donors (Lipinski definition) is 1. The molecule has 2 amide bonds. The van der Waals surface area contributed by atoms with E-state index in [-0.39, 0.29) is 18.4 Å². The van der Waals surface area contributed by atoms with Gasteiger partial charge in [-0.2, -0.15) is 0 Å². The largest absolute Gasteiger partial charge is 0.395 e. The van der Waals surface area contributed by atoms with Crippen molar-refractivity contribution in [3.8, 4) is 0 Å². The summed E-state index contributed by atoms with van der Waals surface area (Å²) >= 11 is 0. The van der Waals surface area contributed by atoms with Crippen LogP contribution in [0.15, 0.2) is 23.9 Å². The van der Waals surface area contributed by atoms with E-state index >= 15 is 0 Å². The van der Waals surface area contributed by atoms with E-state index in [0.717, 1.165) is 42.6 Å². The van der Waals surface area contributed by atoms with Crippen molar-refractivity contribution in [2.45, 2.75) is 33.6 Å². The first-order valence-electron chi connectivity index (χ1n) is 10.2. The van der Waals surface area contributed by atoms with E-state index < -0.39 is 0 Å². The summed E-state index contributed by atoms with van der Waals surface area (Å²) in [5, 5.41) is 9.16. The molecule has 0 radical (unpaired) electrons. The zero-order valence-electron chi connectivity index (χ0n) is 17.2. The summed E-state index contributed by atoms with van der Waals surface area (Å²) in [6.07, 6.45) is 1.75. The number of carbonyl (C=O) groups excluding carboxylic acids is 2. The molecule has 1 N–H and O–H groups in total. The average molecular weight is 386 g/mol. The molecule has 0 atom stereocenters. The molecule has 0 aliphatic carbocycles. The van der Waals surface area contributed by atoms with E-state index in [1.54, 1.807) is 0 Å². The lowest BCUT2D eigenvalue weighted by Crippen LogP contribution is -2.48. The lowest BCUT2D eigenvalue weighted by atomic mass is 9.97. The van der Waals surface area contributed by atoms with Crippen molar-refractivity contribution < 1.29 is 14.7 Å². The van der Waals surface area contributed by atoms with Crippen molar-refractivity contribution in [1.29, 1.82) is 0 Å². The van der Waals surface area contributed by atoms with Crippen LogP contribution in [0, 0.1) is 13.8 Å². The zero-order valence-corrected chi connectivity index (χ0v) is 17.2. The summed E-state index contributed by atoms with van der Waals surface area (Å²) < 4.78 is 0. The van der Waals surface area contributed by atoms with Gasteiger partial charge in [0, 0.05) is 39.3 Å². The van der Waals surface area contributed by atoms with Crippen molar-refractivity contribution in [2.75, 3.05) is 45.9 Å². The Kier molecular flexibility index (Phi) is 6.52. The van der Waals surface area contributed by atoms with E-state index in [1.807, 2.05) is 26.0 Å². The van der Waals surface area contributed by atoms with Gasteiger partial charge in [0.1, 0.15) is 5.70 Å². The first kappa shape index (κ1) is 20.6. The number of unbranched alkanes of at least 4 members (excludes halogenated alkanes) is 1. The smallest absolute Gasteiger partial charge is 0.277 e. The van der Waals surface area contributed by atoms with Gasteiger partial charge < -0.3 is 10.0 Å². The van der Waals surface area contributed by atoms with Gasteiger partial charge in [-0.15, -0.1) is 0 Å². The van der Waals surface area contributed by atoms with Gasteiger partial charge in [-0.25, -0.2) is 0 Å². The number of rotatable bonds is 7. The number of amides is 2. The van der Waals surface area contributed by atoms with Crippen molar-refractivity contribution in [3.05, 3.63) is 40.6 Å². The van der Waals surface area contributed by atoms with Gasteiger partial charge in [0.2, 0.25) is 0 Å². The van der Waals surface area contributed by atoms with E-state index in [2.05, 4.69) is 22.8 Å². The summed E-state index contributed by atoms with van der Waals surface area (Å²) in [4.78, 5) is 32.2. The molecule has 1 aromatic rings. The van der Waals surface area contributed by atoms with Gasteiger partial charge in [0.25, 0.3) is 11.8 Å². The maximum Gasteiger partial charge on any atom is 0.277 e. The van der Waals surface area contributed by atoms with E-state index in [0.29, 0.717) is 37.4 Å². The molecule has 1 fully saturated rings. The van der Waals surface area contributed by atoms with Crippen molar-refractivity contribution >= 4 is 17.4 Å². The molecule has 6 heteroatoms.